The summed E-state index contributed by atoms with van der Waals surface area (Å²) in [6, 6.07) is 10.4. The largest absolute Gasteiger partial charge is 0.396 e. The Kier molecular flexibility index (Phi) is 8.97. The fraction of sp³-hybridized carbons (Fsp3) is 0.652. The van der Waals surface area contributed by atoms with Crippen molar-refractivity contribution in [2.45, 2.75) is 26.2 Å². The fourth-order valence-corrected chi connectivity index (χ4v) is 4.17. The molecule has 0 saturated carbocycles. The van der Waals surface area contributed by atoms with Gasteiger partial charge in [0, 0.05) is 70.0 Å². The molecular formula is C23H37N5O3. The Bertz CT molecular complexity index is 698. The zero-order valence-electron chi connectivity index (χ0n) is 18.7. The monoisotopic (exact) mass is 431 g/mol. The standard InChI is InChI=1S/C23H37N5O3/c1-2-24-22(26-18-23(9-16-29)10-17-31-19-23)25-11-8-21(30)28-14-12-27(13-15-28)20-6-4-3-5-7-20/h3-7,29H,2,8-19H2,1H3,(H2,24,25,26). The Morgan fingerprint density at radius 1 is 1.19 bits per heavy atom. The number of benzene rings is 1. The third-order valence-corrected chi connectivity index (χ3v) is 6.13. The summed E-state index contributed by atoms with van der Waals surface area (Å²) in [5.74, 6) is 0.894. The van der Waals surface area contributed by atoms with Crippen LogP contribution in [0.1, 0.15) is 26.2 Å². The number of nitrogens with one attached hydrogen (secondary N) is 2. The van der Waals surface area contributed by atoms with Crippen molar-refractivity contribution >= 4 is 17.6 Å². The van der Waals surface area contributed by atoms with Crippen LogP contribution in [0.4, 0.5) is 5.69 Å². The molecule has 0 spiro atoms. The number of carbonyl (C=O) groups excluding carboxylic acids is 1. The lowest BCUT2D eigenvalue weighted by molar-refractivity contribution is -0.131. The molecule has 3 N–H and O–H groups in total. The highest BCUT2D eigenvalue weighted by Gasteiger charge is 2.34. The summed E-state index contributed by atoms with van der Waals surface area (Å²) < 4.78 is 5.55. The highest BCUT2D eigenvalue weighted by atomic mass is 16.5. The third kappa shape index (κ3) is 6.83. The van der Waals surface area contributed by atoms with E-state index in [0.29, 0.717) is 38.5 Å². The molecule has 2 fully saturated rings. The molecule has 2 saturated heterocycles. The number of hydrogen-bond acceptors (Lipinski definition) is 5. The molecule has 2 aliphatic rings. The SMILES string of the molecule is CCNC(=NCC1(CCO)CCOC1)NCCC(=O)N1CCN(c2ccccc2)CC1. The van der Waals surface area contributed by atoms with E-state index in [1.807, 2.05) is 30.0 Å². The minimum absolute atomic E-state index is 0.0780. The second-order valence-corrected chi connectivity index (χ2v) is 8.35. The Morgan fingerprint density at radius 3 is 2.61 bits per heavy atom. The lowest BCUT2D eigenvalue weighted by Gasteiger charge is -2.36. The predicted octanol–water partition coefficient (Wildman–Crippen LogP) is 1.07. The van der Waals surface area contributed by atoms with Crippen molar-refractivity contribution in [2.75, 3.05) is 70.5 Å². The Balaban J connectivity index is 1.42. The molecule has 1 aromatic rings. The Morgan fingerprint density at radius 2 is 1.97 bits per heavy atom. The quantitative estimate of drug-likeness (QED) is 0.400. The van der Waals surface area contributed by atoms with Gasteiger partial charge in [-0.2, -0.15) is 0 Å². The number of piperazine rings is 1. The van der Waals surface area contributed by atoms with Crippen LogP contribution >= 0.6 is 0 Å². The van der Waals surface area contributed by atoms with Gasteiger partial charge in [-0.05, 0) is 31.9 Å². The molecule has 0 bridgehead atoms. The van der Waals surface area contributed by atoms with E-state index in [-0.39, 0.29) is 17.9 Å². The van der Waals surface area contributed by atoms with Crippen LogP contribution in [0.15, 0.2) is 35.3 Å². The van der Waals surface area contributed by atoms with Crippen LogP contribution in [0.2, 0.25) is 0 Å². The fourth-order valence-electron chi connectivity index (χ4n) is 4.17. The van der Waals surface area contributed by atoms with Crippen LogP contribution in [0.3, 0.4) is 0 Å². The predicted molar refractivity (Wildman–Crippen MR) is 123 cm³/mol. The highest BCUT2D eigenvalue weighted by Crippen LogP contribution is 2.32. The first-order chi connectivity index (χ1) is 15.2. The van der Waals surface area contributed by atoms with Gasteiger partial charge in [0.25, 0.3) is 0 Å². The number of guanidine groups is 1. The second-order valence-electron chi connectivity index (χ2n) is 8.35. The van der Waals surface area contributed by atoms with Gasteiger partial charge in [-0.25, -0.2) is 0 Å². The number of amides is 1. The summed E-state index contributed by atoms with van der Waals surface area (Å²) in [7, 11) is 0. The summed E-state index contributed by atoms with van der Waals surface area (Å²) >= 11 is 0. The molecule has 0 aromatic heterocycles. The van der Waals surface area contributed by atoms with Crippen molar-refractivity contribution in [3.8, 4) is 0 Å². The van der Waals surface area contributed by atoms with Gasteiger partial charge in [-0.15, -0.1) is 0 Å². The van der Waals surface area contributed by atoms with Gasteiger partial charge in [0.15, 0.2) is 5.96 Å². The van der Waals surface area contributed by atoms with Crippen LogP contribution in [-0.4, -0.2) is 87.5 Å². The molecule has 8 heteroatoms. The molecule has 2 heterocycles. The minimum atomic E-state index is -0.0780. The first-order valence-corrected chi connectivity index (χ1v) is 11.4. The van der Waals surface area contributed by atoms with E-state index in [1.165, 1.54) is 5.69 Å². The van der Waals surface area contributed by atoms with Crippen LogP contribution < -0.4 is 15.5 Å². The first-order valence-electron chi connectivity index (χ1n) is 11.4. The number of para-hydroxylation sites is 1. The molecule has 1 atom stereocenters. The minimum Gasteiger partial charge on any atom is -0.396 e. The number of aliphatic hydroxyl groups excluding tert-OH is 1. The molecule has 3 rings (SSSR count). The lowest BCUT2D eigenvalue weighted by Crippen LogP contribution is -2.49. The molecule has 8 nitrogen and oxygen atoms in total. The molecule has 2 aliphatic heterocycles. The number of hydrogen-bond donors (Lipinski definition) is 3. The number of aliphatic hydroxyl groups is 1. The van der Waals surface area contributed by atoms with Gasteiger partial charge in [0.1, 0.15) is 0 Å². The summed E-state index contributed by atoms with van der Waals surface area (Å²) in [4.78, 5) is 21.6. The maximum atomic E-state index is 12.6. The van der Waals surface area contributed by atoms with Gasteiger partial charge in [-0.1, -0.05) is 18.2 Å². The lowest BCUT2D eigenvalue weighted by atomic mass is 9.84. The maximum absolute atomic E-state index is 12.6. The average Bonchev–Trinajstić information content (AvgIpc) is 3.27. The summed E-state index contributed by atoms with van der Waals surface area (Å²) in [5, 5.41) is 15.9. The highest BCUT2D eigenvalue weighted by molar-refractivity contribution is 5.81. The molecular weight excluding hydrogens is 394 g/mol. The van der Waals surface area contributed by atoms with Crippen molar-refractivity contribution in [2.24, 2.45) is 10.4 Å². The number of aliphatic imine (C=N–C) groups is 1. The van der Waals surface area contributed by atoms with Crippen LogP contribution in [0.25, 0.3) is 0 Å². The molecule has 172 valence electrons. The van der Waals surface area contributed by atoms with E-state index in [1.54, 1.807) is 0 Å². The van der Waals surface area contributed by atoms with Gasteiger partial charge < -0.3 is 30.3 Å². The van der Waals surface area contributed by atoms with Gasteiger partial charge >= 0.3 is 0 Å². The first kappa shape index (κ1) is 23.3. The molecule has 1 unspecified atom stereocenters. The van der Waals surface area contributed by atoms with Crippen molar-refractivity contribution in [1.29, 1.82) is 0 Å². The third-order valence-electron chi connectivity index (χ3n) is 6.13. The number of rotatable bonds is 9. The number of ether oxygens (including phenoxy) is 1. The summed E-state index contributed by atoms with van der Waals surface area (Å²) in [6.45, 7) is 8.69. The van der Waals surface area contributed by atoms with Gasteiger partial charge in [0.2, 0.25) is 5.91 Å². The van der Waals surface area contributed by atoms with Crippen molar-refractivity contribution in [3.63, 3.8) is 0 Å². The summed E-state index contributed by atoms with van der Waals surface area (Å²) in [6.07, 6.45) is 2.06. The van der Waals surface area contributed by atoms with E-state index >= 15 is 0 Å². The molecule has 0 radical (unpaired) electrons. The average molecular weight is 432 g/mol. The zero-order chi connectivity index (χ0) is 21.9. The van der Waals surface area contributed by atoms with Crippen LogP contribution in [-0.2, 0) is 9.53 Å². The molecule has 1 amide bonds. The number of anilines is 1. The smallest absolute Gasteiger partial charge is 0.224 e. The van der Waals surface area contributed by atoms with Crippen LogP contribution in [0.5, 0.6) is 0 Å². The van der Waals surface area contributed by atoms with E-state index in [9.17, 15) is 9.90 Å². The van der Waals surface area contributed by atoms with Crippen LogP contribution in [0, 0.1) is 5.41 Å². The summed E-state index contributed by atoms with van der Waals surface area (Å²) in [5.41, 5.74) is 1.14. The van der Waals surface area contributed by atoms with Crippen molar-refractivity contribution < 1.29 is 14.6 Å². The number of nitrogens with zero attached hydrogens (tertiary/aromatic N) is 3. The van der Waals surface area contributed by atoms with E-state index in [4.69, 9.17) is 9.73 Å². The van der Waals surface area contributed by atoms with Gasteiger partial charge in [0.05, 0.1) is 13.2 Å². The maximum Gasteiger partial charge on any atom is 0.224 e. The Labute approximate surface area is 185 Å². The van der Waals surface area contributed by atoms with E-state index < -0.39 is 0 Å². The van der Waals surface area contributed by atoms with Crippen molar-refractivity contribution in [3.05, 3.63) is 30.3 Å². The van der Waals surface area contributed by atoms with E-state index in [2.05, 4.69) is 27.7 Å². The zero-order valence-corrected chi connectivity index (χ0v) is 18.7. The number of carbonyl (C=O) groups is 1. The van der Waals surface area contributed by atoms with Gasteiger partial charge in [-0.3, -0.25) is 9.79 Å². The molecule has 0 aliphatic carbocycles. The molecule has 1 aromatic carbocycles. The van der Waals surface area contributed by atoms with Crippen molar-refractivity contribution in [1.82, 2.24) is 15.5 Å². The normalized spacial score (nSPS) is 21.9. The van der Waals surface area contributed by atoms with E-state index in [0.717, 1.165) is 45.8 Å². The molecule has 31 heavy (non-hydrogen) atoms. The Hall–Kier alpha value is -2.32. The second kappa shape index (κ2) is 11.9. The topological polar surface area (TPSA) is 89.4 Å².